The lowest BCUT2D eigenvalue weighted by Gasteiger charge is -2.26. The number of nitrogens with zero attached hydrogens (tertiary/aromatic N) is 1. The van der Waals surface area contributed by atoms with Crippen LogP contribution < -0.4 is 5.73 Å². The van der Waals surface area contributed by atoms with Crippen LogP contribution in [0.3, 0.4) is 0 Å². The number of nitrogen functional groups attached to an aromatic ring is 1. The van der Waals surface area contributed by atoms with Gasteiger partial charge in [0.05, 0.1) is 15.7 Å². The van der Waals surface area contributed by atoms with Gasteiger partial charge < -0.3 is 5.73 Å². The van der Waals surface area contributed by atoms with E-state index in [9.17, 15) is 8.42 Å². The Morgan fingerprint density at radius 1 is 1.22 bits per heavy atom. The van der Waals surface area contributed by atoms with Gasteiger partial charge in [-0.2, -0.15) is 16.1 Å². The normalized spacial score (nSPS) is 17.9. The number of halogens is 2. The summed E-state index contributed by atoms with van der Waals surface area (Å²) in [6.07, 6.45) is 0. The summed E-state index contributed by atoms with van der Waals surface area (Å²) in [4.78, 5) is 0.0259. The molecule has 0 saturated carbocycles. The third-order valence-electron chi connectivity index (χ3n) is 2.68. The molecular formula is C10H12Cl2N2O2S2. The molecule has 18 heavy (non-hydrogen) atoms. The highest BCUT2D eigenvalue weighted by molar-refractivity contribution is 7.99. The van der Waals surface area contributed by atoms with E-state index in [1.165, 1.54) is 16.4 Å². The van der Waals surface area contributed by atoms with Gasteiger partial charge in [0, 0.05) is 24.6 Å². The van der Waals surface area contributed by atoms with E-state index in [1.54, 1.807) is 11.8 Å². The van der Waals surface area contributed by atoms with Crippen LogP contribution >= 0.6 is 35.0 Å². The minimum Gasteiger partial charge on any atom is -0.396 e. The second-order valence-corrected chi connectivity index (χ2v) is 7.71. The Hall–Kier alpha value is -0.140. The van der Waals surface area contributed by atoms with E-state index in [1.807, 2.05) is 0 Å². The van der Waals surface area contributed by atoms with Crippen molar-refractivity contribution in [2.75, 3.05) is 30.3 Å². The molecule has 2 rings (SSSR count). The maximum absolute atomic E-state index is 12.4. The minimum absolute atomic E-state index is 0.000673. The van der Waals surface area contributed by atoms with E-state index in [2.05, 4.69) is 0 Å². The summed E-state index contributed by atoms with van der Waals surface area (Å²) >= 11 is 13.5. The molecule has 0 aliphatic carbocycles. The average Bonchev–Trinajstić information content (AvgIpc) is 2.37. The standard InChI is InChI=1S/C10H12Cl2N2O2S2/c11-7-1-2-8(9(12)10(7)13)18(15,16)14-3-5-17-6-4-14/h1-2H,3-6,13H2. The topological polar surface area (TPSA) is 63.4 Å². The molecule has 1 heterocycles. The summed E-state index contributed by atoms with van der Waals surface area (Å²) < 4.78 is 26.2. The molecule has 0 unspecified atom stereocenters. The van der Waals surface area contributed by atoms with Crippen LogP contribution in [0.2, 0.25) is 10.0 Å². The molecule has 0 amide bonds. The molecule has 1 aromatic carbocycles. The highest BCUT2D eigenvalue weighted by Gasteiger charge is 2.29. The summed E-state index contributed by atoms with van der Waals surface area (Å²) in [5.41, 5.74) is 5.76. The lowest BCUT2D eigenvalue weighted by atomic mass is 10.3. The van der Waals surface area contributed by atoms with Crippen LogP contribution in [0.15, 0.2) is 17.0 Å². The number of hydrogen-bond donors (Lipinski definition) is 1. The molecule has 1 saturated heterocycles. The summed E-state index contributed by atoms with van der Waals surface area (Å²) in [7, 11) is -3.58. The smallest absolute Gasteiger partial charge is 0.244 e. The molecule has 1 aliphatic rings. The highest BCUT2D eigenvalue weighted by Crippen LogP contribution is 2.34. The van der Waals surface area contributed by atoms with Gasteiger partial charge in [0.15, 0.2) is 0 Å². The van der Waals surface area contributed by atoms with Crippen molar-refractivity contribution in [3.8, 4) is 0 Å². The Labute approximate surface area is 120 Å². The van der Waals surface area contributed by atoms with Gasteiger partial charge in [0.2, 0.25) is 10.0 Å². The monoisotopic (exact) mass is 326 g/mol. The molecule has 1 fully saturated rings. The van der Waals surface area contributed by atoms with Gasteiger partial charge in [-0.1, -0.05) is 23.2 Å². The van der Waals surface area contributed by atoms with Gasteiger partial charge in [-0.3, -0.25) is 0 Å². The summed E-state index contributed by atoms with van der Waals surface area (Å²) in [5, 5.41) is 0.258. The summed E-state index contributed by atoms with van der Waals surface area (Å²) in [5.74, 6) is 1.58. The average molecular weight is 327 g/mol. The predicted octanol–water partition coefficient (Wildman–Crippen LogP) is 2.31. The third-order valence-corrected chi connectivity index (χ3v) is 6.41. The van der Waals surface area contributed by atoms with Crippen LogP contribution in [0.1, 0.15) is 0 Å². The van der Waals surface area contributed by atoms with Gasteiger partial charge in [0.25, 0.3) is 0 Å². The Bertz CT molecular complexity index is 557. The molecule has 0 aromatic heterocycles. The number of nitrogens with two attached hydrogens (primary N) is 1. The zero-order chi connectivity index (χ0) is 13.3. The van der Waals surface area contributed by atoms with E-state index < -0.39 is 10.0 Å². The first-order valence-corrected chi connectivity index (χ1v) is 8.61. The van der Waals surface area contributed by atoms with Crippen LogP contribution in [0.4, 0.5) is 5.69 Å². The fourth-order valence-electron chi connectivity index (χ4n) is 1.67. The third kappa shape index (κ3) is 2.58. The van der Waals surface area contributed by atoms with Crippen LogP contribution in [0, 0.1) is 0 Å². The van der Waals surface area contributed by atoms with Crippen LogP contribution in [0.5, 0.6) is 0 Å². The first-order chi connectivity index (χ1) is 8.44. The molecule has 100 valence electrons. The van der Waals surface area contributed by atoms with Crippen LogP contribution in [-0.4, -0.2) is 37.3 Å². The molecule has 1 aliphatic heterocycles. The number of sulfonamides is 1. The quantitative estimate of drug-likeness (QED) is 0.847. The number of hydrogen-bond acceptors (Lipinski definition) is 4. The van der Waals surface area contributed by atoms with Crippen molar-refractivity contribution in [3.63, 3.8) is 0 Å². The molecular weight excluding hydrogens is 315 g/mol. The second kappa shape index (κ2) is 5.46. The van der Waals surface area contributed by atoms with Gasteiger partial charge in [0.1, 0.15) is 4.90 Å². The SMILES string of the molecule is Nc1c(Cl)ccc(S(=O)(=O)N2CCSCC2)c1Cl. The van der Waals surface area contributed by atoms with Crippen LogP contribution in [-0.2, 0) is 10.0 Å². The number of benzene rings is 1. The fraction of sp³-hybridized carbons (Fsp3) is 0.400. The summed E-state index contributed by atoms with van der Waals surface area (Å²) in [6.45, 7) is 0.984. The van der Waals surface area contributed by atoms with Crippen molar-refractivity contribution in [3.05, 3.63) is 22.2 Å². The molecule has 8 heteroatoms. The largest absolute Gasteiger partial charge is 0.396 e. The lowest BCUT2D eigenvalue weighted by molar-refractivity contribution is 0.443. The second-order valence-electron chi connectivity index (χ2n) is 3.79. The van der Waals surface area contributed by atoms with Gasteiger partial charge in [-0.25, -0.2) is 8.42 Å². The van der Waals surface area contributed by atoms with Gasteiger partial charge >= 0.3 is 0 Å². The van der Waals surface area contributed by atoms with Gasteiger partial charge in [-0.15, -0.1) is 0 Å². The summed E-state index contributed by atoms with van der Waals surface area (Å²) in [6, 6.07) is 2.85. The Balaban J connectivity index is 2.44. The molecule has 0 spiro atoms. The van der Waals surface area contributed by atoms with E-state index in [0.717, 1.165) is 11.5 Å². The van der Waals surface area contributed by atoms with Crippen molar-refractivity contribution in [1.29, 1.82) is 0 Å². The molecule has 2 N–H and O–H groups in total. The van der Waals surface area contributed by atoms with Crippen molar-refractivity contribution < 1.29 is 8.42 Å². The molecule has 4 nitrogen and oxygen atoms in total. The molecule has 0 radical (unpaired) electrons. The molecule has 1 aromatic rings. The van der Waals surface area contributed by atoms with Crippen LogP contribution in [0.25, 0.3) is 0 Å². The Morgan fingerprint density at radius 2 is 1.83 bits per heavy atom. The van der Waals surface area contributed by atoms with Crippen molar-refractivity contribution in [1.82, 2.24) is 4.31 Å². The number of thioether (sulfide) groups is 1. The van der Waals surface area contributed by atoms with Crippen molar-refractivity contribution >= 4 is 50.7 Å². The number of anilines is 1. The van der Waals surface area contributed by atoms with E-state index in [0.29, 0.717) is 13.1 Å². The number of rotatable bonds is 2. The van der Waals surface area contributed by atoms with Crippen molar-refractivity contribution in [2.45, 2.75) is 4.90 Å². The van der Waals surface area contributed by atoms with E-state index in [-0.39, 0.29) is 20.6 Å². The van der Waals surface area contributed by atoms with E-state index >= 15 is 0 Å². The van der Waals surface area contributed by atoms with Gasteiger partial charge in [-0.05, 0) is 12.1 Å². The zero-order valence-electron chi connectivity index (χ0n) is 9.40. The predicted molar refractivity (Wildman–Crippen MR) is 77.0 cm³/mol. The van der Waals surface area contributed by atoms with Crippen molar-refractivity contribution in [2.24, 2.45) is 0 Å². The molecule has 0 bridgehead atoms. The minimum atomic E-state index is -3.58. The maximum atomic E-state index is 12.4. The molecule has 0 atom stereocenters. The van der Waals surface area contributed by atoms with E-state index in [4.69, 9.17) is 28.9 Å². The Kier molecular flexibility index (Phi) is 4.33. The maximum Gasteiger partial charge on any atom is 0.244 e. The first kappa shape index (κ1) is 14.3. The highest BCUT2D eigenvalue weighted by atomic mass is 35.5. The lowest BCUT2D eigenvalue weighted by Crippen LogP contribution is -2.38. The zero-order valence-corrected chi connectivity index (χ0v) is 12.5. The first-order valence-electron chi connectivity index (χ1n) is 5.26. The fourth-order valence-corrected chi connectivity index (χ4v) is 4.99. The Morgan fingerprint density at radius 3 is 2.44 bits per heavy atom.